The van der Waals surface area contributed by atoms with Gasteiger partial charge in [-0.25, -0.2) is 0 Å². The van der Waals surface area contributed by atoms with E-state index < -0.39 is 0 Å². The first-order valence-corrected chi connectivity index (χ1v) is 15.2. The summed E-state index contributed by atoms with van der Waals surface area (Å²) in [5, 5.41) is 2.44. The summed E-state index contributed by atoms with van der Waals surface area (Å²) in [5.74, 6) is 1.83. The number of para-hydroxylation sites is 1. The van der Waals surface area contributed by atoms with Crippen molar-refractivity contribution in [3.05, 3.63) is 164 Å². The van der Waals surface area contributed by atoms with E-state index in [9.17, 15) is 0 Å². The van der Waals surface area contributed by atoms with Gasteiger partial charge in [-0.05, 0) is 82.2 Å². The first-order chi connectivity index (χ1) is 21.3. The minimum absolute atomic E-state index is 0.908. The summed E-state index contributed by atoms with van der Waals surface area (Å²) in [6, 6.07) is 58.0. The van der Waals surface area contributed by atoms with Crippen LogP contribution in [0.5, 0.6) is 11.5 Å². The van der Waals surface area contributed by atoms with Crippen molar-refractivity contribution in [3.8, 4) is 33.8 Å². The molecule has 0 N–H and O–H groups in total. The molecule has 1 aliphatic rings. The molecule has 204 valence electrons. The molecule has 8 rings (SSSR count). The zero-order valence-electron chi connectivity index (χ0n) is 23.4. The lowest BCUT2D eigenvalue weighted by Gasteiger charge is -2.27. The molecular weight excluding hydrogens is 543 g/mol. The molecule has 0 bridgehead atoms. The zero-order chi connectivity index (χ0) is 28.6. The molecule has 0 fully saturated rings. The maximum Gasteiger partial charge on any atom is 0.141 e. The van der Waals surface area contributed by atoms with Gasteiger partial charge < -0.3 is 9.64 Å². The van der Waals surface area contributed by atoms with Crippen molar-refractivity contribution in [2.24, 2.45) is 0 Å². The van der Waals surface area contributed by atoms with Gasteiger partial charge in [0.15, 0.2) is 0 Å². The van der Waals surface area contributed by atoms with Gasteiger partial charge in [-0.15, -0.1) is 0 Å². The number of benzene rings is 7. The molecule has 0 atom stereocenters. The number of hydrogen-bond acceptors (Lipinski definition) is 3. The fraction of sp³-hybridized carbons (Fsp3) is 0. The maximum absolute atomic E-state index is 6.16. The molecule has 0 spiro atoms. The fourth-order valence-electron chi connectivity index (χ4n) is 5.77. The molecule has 3 heteroatoms. The van der Waals surface area contributed by atoms with Gasteiger partial charge in [-0.3, -0.25) is 0 Å². The molecule has 0 amide bonds. The van der Waals surface area contributed by atoms with E-state index in [-0.39, 0.29) is 0 Å². The number of hydrogen-bond donors (Lipinski definition) is 0. The third kappa shape index (κ3) is 4.84. The monoisotopic (exact) mass is 569 g/mol. The highest BCUT2D eigenvalue weighted by atomic mass is 32.2. The van der Waals surface area contributed by atoms with Crippen LogP contribution in [0.25, 0.3) is 33.0 Å². The van der Waals surface area contributed by atoms with Crippen LogP contribution in [0, 0.1) is 0 Å². The minimum atomic E-state index is 0.908. The van der Waals surface area contributed by atoms with Crippen LogP contribution in [-0.4, -0.2) is 0 Å². The number of fused-ring (bicyclic) bond motifs is 3. The van der Waals surface area contributed by atoms with Gasteiger partial charge in [0, 0.05) is 16.8 Å². The van der Waals surface area contributed by atoms with E-state index in [0.717, 1.165) is 38.4 Å². The number of ether oxygens (including phenoxy) is 1. The first-order valence-electron chi connectivity index (χ1n) is 14.4. The van der Waals surface area contributed by atoms with Gasteiger partial charge in [0.2, 0.25) is 0 Å². The lowest BCUT2D eigenvalue weighted by Crippen LogP contribution is -2.10. The quantitative estimate of drug-likeness (QED) is 0.205. The molecule has 1 heterocycles. The van der Waals surface area contributed by atoms with Gasteiger partial charge in [0.1, 0.15) is 11.5 Å². The Morgan fingerprint density at radius 2 is 1.00 bits per heavy atom. The lowest BCUT2D eigenvalue weighted by atomic mass is 10.0. The Kier molecular flexibility index (Phi) is 6.43. The summed E-state index contributed by atoms with van der Waals surface area (Å²) in [5.41, 5.74) is 8.14. The molecule has 0 saturated heterocycles. The average molecular weight is 570 g/mol. The Morgan fingerprint density at radius 3 is 1.79 bits per heavy atom. The van der Waals surface area contributed by atoms with Gasteiger partial charge in [0.25, 0.3) is 0 Å². The summed E-state index contributed by atoms with van der Waals surface area (Å²) < 4.78 is 6.16. The molecule has 0 saturated carbocycles. The van der Waals surface area contributed by atoms with Crippen LogP contribution in [0.4, 0.5) is 17.1 Å². The largest absolute Gasteiger partial charge is 0.455 e. The summed E-state index contributed by atoms with van der Waals surface area (Å²) >= 11 is 1.76. The third-order valence-electron chi connectivity index (χ3n) is 7.93. The van der Waals surface area contributed by atoms with Crippen molar-refractivity contribution in [2.45, 2.75) is 9.79 Å². The minimum Gasteiger partial charge on any atom is -0.455 e. The highest BCUT2D eigenvalue weighted by Gasteiger charge is 2.19. The Bertz CT molecular complexity index is 2060. The van der Waals surface area contributed by atoms with Gasteiger partial charge in [-0.1, -0.05) is 121 Å². The first kappa shape index (κ1) is 25.5. The van der Waals surface area contributed by atoms with Crippen LogP contribution < -0.4 is 9.64 Å². The second-order valence-electron chi connectivity index (χ2n) is 10.6. The zero-order valence-corrected chi connectivity index (χ0v) is 24.2. The highest BCUT2D eigenvalue weighted by Crippen LogP contribution is 2.48. The molecule has 7 aromatic rings. The number of rotatable bonds is 5. The number of nitrogens with zero attached hydrogens (tertiary/aromatic N) is 1. The van der Waals surface area contributed by atoms with Crippen molar-refractivity contribution in [1.82, 2.24) is 0 Å². The van der Waals surface area contributed by atoms with Crippen molar-refractivity contribution >= 4 is 39.6 Å². The fourth-order valence-corrected chi connectivity index (χ4v) is 6.76. The molecule has 0 radical (unpaired) electrons. The average Bonchev–Trinajstić information content (AvgIpc) is 3.08. The second kappa shape index (κ2) is 10.9. The summed E-state index contributed by atoms with van der Waals surface area (Å²) in [6.07, 6.45) is 0. The van der Waals surface area contributed by atoms with Crippen molar-refractivity contribution in [1.29, 1.82) is 0 Å². The number of anilines is 3. The molecule has 1 aliphatic heterocycles. The van der Waals surface area contributed by atoms with Crippen LogP contribution in [0.1, 0.15) is 0 Å². The normalized spacial score (nSPS) is 11.8. The second-order valence-corrected chi connectivity index (χ2v) is 11.7. The molecule has 7 aromatic carbocycles. The Labute approximate surface area is 255 Å². The van der Waals surface area contributed by atoms with Crippen LogP contribution in [0.15, 0.2) is 174 Å². The van der Waals surface area contributed by atoms with E-state index in [1.165, 1.54) is 33.0 Å². The predicted octanol–water partition coefficient (Wildman–Crippen LogP) is 11.9. The van der Waals surface area contributed by atoms with Gasteiger partial charge in [-0.2, -0.15) is 0 Å². The van der Waals surface area contributed by atoms with Crippen molar-refractivity contribution in [2.75, 3.05) is 4.90 Å². The predicted molar refractivity (Wildman–Crippen MR) is 180 cm³/mol. The van der Waals surface area contributed by atoms with Gasteiger partial charge in [0.05, 0.1) is 15.5 Å². The standard InChI is InChI=1S/C40H27NOS/c1-2-9-28(10-3-1)29-17-22-33(23-18-29)41(36-14-8-12-31-11-4-5-13-35(31)36)34-24-19-30(20-25-34)32-21-26-38-40(27-32)43-39-16-7-6-15-37(39)42-38/h1-27H. The Hall–Kier alpha value is -5.25. The van der Waals surface area contributed by atoms with E-state index in [2.05, 4.69) is 157 Å². The van der Waals surface area contributed by atoms with E-state index in [1.807, 2.05) is 12.1 Å². The van der Waals surface area contributed by atoms with Crippen LogP contribution >= 0.6 is 11.8 Å². The van der Waals surface area contributed by atoms with Crippen LogP contribution in [0.2, 0.25) is 0 Å². The summed E-state index contributed by atoms with van der Waals surface area (Å²) in [7, 11) is 0. The SMILES string of the molecule is c1ccc(-c2ccc(N(c3ccc(-c4ccc5c(c4)Sc4ccccc4O5)cc3)c3cccc4ccccc34)cc2)cc1. The van der Waals surface area contributed by atoms with E-state index in [4.69, 9.17) is 4.74 Å². The lowest BCUT2D eigenvalue weighted by molar-refractivity contribution is 0.454. The van der Waals surface area contributed by atoms with Gasteiger partial charge >= 0.3 is 0 Å². The van der Waals surface area contributed by atoms with Crippen molar-refractivity contribution in [3.63, 3.8) is 0 Å². The molecular formula is C40H27NOS. The Morgan fingerprint density at radius 1 is 0.419 bits per heavy atom. The van der Waals surface area contributed by atoms with Crippen LogP contribution in [-0.2, 0) is 0 Å². The molecule has 0 unspecified atom stereocenters. The molecule has 43 heavy (non-hydrogen) atoms. The Balaban J connectivity index is 1.18. The molecule has 2 nitrogen and oxygen atoms in total. The van der Waals surface area contributed by atoms with E-state index in [0.29, 0.717) is 0 Å². The molecule has 0 aliphatic carbocycles. The van der Waals surface area contributed by atoms with Crippen molar-refractivity contribution < 1.29 is 4.74 Å². The smallest absolute Gasteiger partial charge is 0.141 e. The highest BCUT2D eigenvalue weighted by molar-refractivity contribution is 7.99. The summed E-state index contributed by atoms with van der Waals surface area (Å²) in [4.78, 5) is 4.64. The molecule has 0 aromatic heterocycles. The third-order valence-corrected chi connectivity index (χ3v) is 9.03. The maximum atomic E-state index is 6.16. The van der Waals surface area contributed by atoms with Crippen LogP contribution in [0.3, 0.4) is 0 Å². The van der Waals surface area contributed by atoms with E-state index in [1.54, 1.807) is 11.8 Å². The van der Waals surface area contributed by atoms with E-state index >= 15 is 0 Å². The summed E-state index contributed by atoms with van der Waals surface area (Å²) in [6.45, 7) is 0. The topological polar surface area (TPSA) is 12.5 Å².